The van der Waals surface area contributed by atoms with E-state index in [1.165, 1.54) is 6.92 Å². The van der Waals surface area contributed by atoms with Gasteiger partial charge in [0.25, 0.3) is 0 Å². The predicted molar refractivity (Wildman–Crippen MR) is 101 cm³/mol. The molecule has 0 aliphatic heterocycles. The SMILES string of the molecule is CC(O)C(NC(=O)C(N)CCC(N)=O)C(=O)NCC(=O)NC(CCC(N)=O)C(=O)O. The number of hydrogen-bond acceptors (Lipinski definition) is 8. The summed E-state index contributed by atoms with van der Waals surface area (Å²) in [5.41, 5.74) is 15.5. The molecule has 4 atom stereocenters. The van der Waals surface area contributed by atoms with Crippen molar-refractivity contribution in [1.82, 2.24) is 16.0 Å². The van der Waals surface area contributed by atoms with Crippen molar-refractivity contribution < 1.29 is 39.0 Å². The van der Waals surface area contributed by atoms with E-state index in [9.17, 15) is 33.9 Å². The van der Waals surface area contributed by atoms with Crippen LogP contribution in [0.3, 0.4) is 0 Å². The Labute approximate surface area is 171 Å². The number of nitrogens with one attached hydrogen (secondary N) is 3. The second-order valence-corrected chi connectivity index (χ2v) is 6.52. The average Bonchev–Trinajstić information content (AvgIpc) is 2.64. The molecule has 0 aromatic rings. The monoisotopic (exact) mass is 432 g/mol. The van der Waals surface area contributed by atoms with Gasteiger partial charge >= 0.3 is 5.97 Å². The predicted octanol–water partition coefficient (Wildman–Crippen LogP) is -4.60. The van der Waals surface area contributed by atoms with E-state index in [-0.39, 0.29) is 25.7 Å². The van der Waals surface area contributed by atoms with Gasteiger partial charge in [0.2, 0.25) is 29.5 Å². The molecule has 0 aliphatic carbocycles. The van der Waals surface area contributed by atoms with Crippen LogP contribution in [0.1, 0.15) is 32.6 Å². The Morgan fingerprint density at radius 2 is 1.43 bits per heavy atom. The normalized spacial score (nSPS) is 14.5. The molecule has 0 aliphatic rings. The lowest BCUT2D eigenvalue weighted by molar-refractivity contribution is -0.142. The van der Waals surface area contributed by atoms with Crippen molar-refractivity contribution in [2.24, 2.45) is 17.2 Å². The third kappa shape index (κ3) is 10.9. The van der Waals surface area contributed by atoms with Gasteiger partial charge < -0.3 is 43.4 Å². The molecular formula is C16H28N6O8. The van der Waals surface area contributed by atoms with Crippen LogP contribution in [0.4, 0.5) is 0 Å². The molecule has 30 heavy (non-hydrogen) atoms. The first-order chi connectivity index (χ1) is 13.8. The maximum absolute atomic E-state index is 12.2. The van der Waals surface area contributed by atoms with E-state index in [1.54, 1.807) is 0 Å². The number of carboxylic acid groups (broad SMARTS) is 1. The molecule has 0 fully saturated rings. The Morgan fingerprint density at radius 3 is 1.90 bits per heavy atom. The van der Waals surface area contributed by atoms with Crippen LogP contribution in [0.15, 0.2) is 0 Å². The summed E-state index contributed by atoms with van der Waals surface area (Å²) in [6.07, 6.45) is -2.08. The number of aliphatic hydroxyl groups excluding tert-OH is 1. The van der Waals surface area contributed by atoms with E-state index in [0.717, 1.165) is 0 Å². The first kappa shape index (κ1) is 26.7. The number of rotatable bonds is 14. The van der Waals surface area contributed by atoms with E-state index in [0.29, 0.717) is 0 Å². The number of amides is 5. The highest BCUT2D eigenvalue weighted by molar-refractivity contribution is 5.93. The molecule has 14 nitrogen and oxygen atoms in total. The summed E-state index contributed by atoms with van der Waals surface area (Å²) in [7, 11) is 0. The van der Waals surface area contributed by atoms with Crippen molar-refractivity contribution in [1.29, 1.82) is 0 Å². The lowest BCUT2D eigenvalue weighted by atomic mass is 10.1. The number of hydrogen-bond donors (Lipinski definition) is 8. The smallest absolute Gasteiger partial charge is 0.326 e. The summed E-state index contributed by atoms with van der Waals surface area (Å²) in [4.78, 5) is 68.6. The second kappa shape index (κ2) is 13.1. The molecule has 4 unspecified atom stereocenters. The first-order valence-corrected chi connectivity index (χ1v) is 8.95. The molecule has 0 radical (unpaired) electrons. The van der Waals surface area contributed by atoms with Gasteiger partial charge in [-0.15, -0.1) is 0 Å². The standard InChI is InChI=1S/C16H28N6O8/c1-7(23)13(22-14(27)8(17)2-4-10(18)24)15(28)20-6-12(26)21-9(16(29)30)3-5-11(19)25/h7-9,13,23H,2-6,17H2,1H3,(H2,18,24)(H2,19,25)(H,20,28)(H,21,26)(H,22,27)(H,29,30). The van der Waals surface area contributed by atoms with Crippen LogP contribution in [0.25, 0.3) is 0 Å². The second-order valence-electron chi connectivity index (χ2n) is 6.52. The summed E-state index contributed by atoms with van der Waals surface area (Å²) >= 11 is 0. The van der Waals surface area contributed by atoms with Crippen molar-refractivity contribution in [2.45, 2.75) is 56.8 Å². The van der Waals surface area contributed by atoms with Crippen molar-refractivity contribution in [2.75, 3.05) is 6.54 Å². The Balaban J connectivity index is 4.74. The highest BCUT2D eigenvalue weighted by Crippen LogP contribution is 1.99. The van der Waals surface area contributed by atoms with Gasteiger partial charge in [0.15, 0.2) is 0 Å². The zero-order valence-electron chi connectivity index (χ0n) is 16.4. The number of aliphatic hydroxyl groups is 1. The molecule has 11 N–H and O–H groups in total. The zero-order chi connectivity index (χ0) is 23.4. The van der Waals surface area contributed by atoms with Gasteiger partial charge in [-0.05, 0) is 19.8 Å². The molecular weight excluding hydrogens is 404 g/mol. The van der Waals surface area contributed by atoms with E-state index in [4.69, 9.17) is 22.3 Å². The molecule has 170 valence electrons. The first-order valence-electron chi connectivity index (χ1n) is 8.95. The number of carbonyl (C=O) groups excluding carboxylic acids is 5. The largest absolute Gasteiger partial charge is 0.480 e. The van der Waals surface area contributed by atoms with Gasteiger partial charge in [-0.25, -0.2) is 4.79 Å². The number of carbonyl (C=O) groups is 6. The highest BCUT2D eigenvalue weighted by atomic mass is 16.4. The van der Waals surface area contributed by atoms with Crippen LogP contribution in [-0.4, -0.2) is 76.5 Å². The fourth-order valence-electron chi connectivity index (χ4n) is 2.16. The molecule has 0 aromatic carbocycles. The minimum Gasteiger partial charge on any atom is -0.480 e. The van der Waals surface area contributed by atoms with Crippen LogP contribution in [-0.2, 0) is 28.8 Å². The van der Waals surface area contributed by atoms with Crippen LogP contribution in [0.2, 0.25) is 0 Å². The lowest BCUT2D eigenvalue weighted by Crippen LogP contribution is -2.57. The van der Waals surface area contributed by atoms with Gasteiger partial charge in [0, 0.05) is 12.8 Å². The minimum absolute atomic E-state index is 0.0698. The van der Waals surface area contributed by atoms with Crippen molar-refractivity contribution >= 4 is 35.5 Å². The summed E-state index contributed by atoms with van der Waals surface area (Å²) in [6, 6.07) is -4.01. The number of carboxylic acids is 1. The fraction of sp³-hybridized carbons (Fsp3) is 0.625. The molecule has 0 saturated heterocycles. The molecule has 14 heteroatoms. The van der Waals surface area contributed by atoms with Gasteiger partial charge in [-0.2, -0.15) is 0 Å². The van der Waals surface area contributed by atoms with Crippen LogP contribution in [0, 0.1) is 0 Å². The number of aliphatic carboxylic acids is 1. The topological polar surface area (TPSA) is 257 Å². The molecule has 0 bridgehead atoms. The van der Waals surface area contributed by atoms with Crippen molar-refractivity contribution in [3.8, 4) is 0 Å². The fourth-order valence-corrected chi connectivity index (χ4v) is 2.16. The Kier molecular flexibility index (Phi) is 11.6. The number of primary amides is 2. The van der Waals surface area contributed by atoms with E-state index < -0.39 is 66.3 Å². The van der Waals surface area contributed by atoms with Gasteiger partial charge in [0.05, 0.1) is 18.7 Å². The van der Waals surface area contributed by atoms with Crippen molar-refractivity contribution in [3.63, 3.8) is 0 Å². The van der Waals surface area contributed by atoms with Gasteiger partial charge in [-0.1, -0.05) is 0 Å². The van der Waals surface area contributed by atoms with Crippen LogP contribution < -0.4 is 33.2 Å². The zero-order valence-corrected chi connectivity index (χ0v) is 16.4. The molecule has 0 spiro atoms. The van der Waals surface area contributed by atoms with Crippen LogP contribution in [0.5, 0.6) is 0 Å². The average molecular weight is 432 g/mol. The molecule has 0 rings (SSSR count). The lowest BCUT2D eigenvalue weighted by Gasteiger charge is -2.22. The third-order valence-corrected chi connectivity index (χ3v) is 3.84. The number of nitrogens with two attached hydrogens (primary N) is 3. The Bertz CT molecular complexity index is 668. The molecule has 0 saturated carbocycles. The maximum atomic E-state index is 12.2. The summed E-state index contributed by atoms with van der Waals surface area (Å²) in [5.74, 6) is -5.43. The minimum atomic E-state index is -1.46. The van der Waals surface area contributed by atoms with E-state index in [1.807, 2.05) is 0 Å². The molecule has 0 aromatic heterocycles. The van der Waals surface area contributed by atoms with Crippen molar-refractivity contribution in [3.05, 3.63) is 0 Å². The van der Waals surface area contributed by atoms with E-state index >= 15 is 0 Å². The summed E-state index contributed by atoms with van der Waals surface area (Å²) in [5, 5.41) is 25.2. The Hall–Kier alpha value is -3.26. The third-order valence-electron chi connectivity index (χ3n) is 3.84. The van der Waals surface area contributed by atoms with Crippen LogP contribution >= 0.6 is 0 Å². The van der Waals surface area contributed by atoms with E-state index in [2.05, 4.69) is 16.0 Å². The Morgan fingerprint density at radius 1 is 0.900 bits per heavy atom. The van der Waals surface area contributed by atoms with Gasteiger partial charge in [-0.3, -0.25) is 24.0 Å². The molecule has 0 heterocycles. The highest BCUT2D eigenvalue weighted by Gasteiger charge is 2.28. The van der Waals surface area contributed by atoms with Gasteiger partial charge in [0.1, 0.15) is 12.1 Å². The maximum Gasteiger partial charge on any atom is 0.326 e. The summed E-state index contributed by atoms with van der Waals surface area (Å²) < 4.78 is 0. The summed E-state index contributed by atoms with van der Waals surface area (Å²) in [6.45, 7) is 0.551. The molecule has 5 amide bonds. The quantitative estimate of drug-likeness (QED) is 0.131.